The van der Waals surface area contributed by atoms with Crippen molar-refractivity contribution >= 4 is 34.5 Å². The van der Waals surface area contributed by atoms with Gasteiger partial charge in [0.25, 0.3) is 5.22 Å². The zero-order valence-corrected chi connectivity index (χ0v) is 11.4. The number of hydrogen-bond donors (Lipinski definition) is 1. The maximum absolute atomic E-state index is 9.37. The van der Waals surface area contributed by atoms with Gasteiger partial charge in [-0.05, 0) is 36.0 Å². The van der Waals surface area contributed by atoms with Crippen molar-refractivity contribution in [1.29, 1.82) is 0 Å². The Kier molecular flexibility index (Phi) is 3.46. The van der Waals surface area contributed by atoms with E-state index in [1.807, 2.05) is 36.4 Å². The SMILES string of the molecule is OCc1c(Cl)cccc1Sc1nc2ccccc2o1. The Morgan fingerprint density at radius 3 is 2.79 bits per heavy atom. The van der Waals surface area contributed by atoms with Gasteiger partial charge in [0.15, 0.2) is 5.58 Å². The summed E-state index contributed by atoms with van der Waals surface area (Å²) in [5.74, 6) is 0. The molecule has 3 nitrogen and oxygen atoms in total. The molecule has 0 fully saturated rings. The van der Waals surface area contributed by atoms with Crippen LogP contribution in [0, 0.1) is 0 Å². The smallest absolute Gasteiger partial charge is 0.261 e. The fraction of sp³-hybridized carbons (Fsp3) is 0.0714. The van der Waals surface area contributed by atoms with Crippen molar-refractivity contribution in [2.24, 2.45) is 0 Å². The zero-order chi connectivity index (χ0) is 13.2. The standard InChI is InChI=1S/C14H10ClNO2S/c15-10-4-3-7-13(9(10)8-17)19-14-16-11-5-1-2-6-12(11)18-14/h1-7,17H,8H2. The topological polar surface area (TPSA) is 46.3 Å². The van der Waals surface area contributed by atoms with Gasteiger partial charge in [0, 0.05) is 15.5 Å². The number of oxazole rings is 1. The monoisotopic (exact) mass is 291 g/mol. The highest BCUT2D eigenvalue weighted by Gasteiger charge is 2.11. The van der Waals surface area contributed by atoms with Crippen LogP contribution in [0.2, 0.25) is 5.02 Å². The second kappa shape index (κ2) is 5.25. The van der Waals surface area contributed by atoms with Gasteiger partial charge in [-0.2, -0.15) is 0 Å². The predicted molar refractivity (Wildman–Crippen MR) is 75.5 cm³/mol. The lowest BCUT2D eigenvalue weighted by Crippen LogP contribution is -1.88. The van der Waals surface area contributed by atoms with Crippen LogP contribution >= 0.6 is 23.4 Å². The van der Waals surface area contributed by atoms with Crippen LogP contribution < -0.4 is 0 Å². The third-order valence-electron chi connectivity index (χ3n) is 2.71. The number of nitrogens with zero attached hydrogens (tertiary/aromatic N) is 1. The second-order valence-electron chi connectivity index (χ2n) is 3.92. The Bertz CT molecular complexity index is 693. The maximum atomic E-state index is 9.37. The van der Waals surface area contributed by atoms with Gasteiger partial charge in [-0.1, -0.05) is 29.8 Å². The molecular formula is C14H10ClNO2S. The molecular weight excluding hydrogens is 282 g/mol. The van der Waals surface area contributed by atoms with Gasteiger partial charge in [0.05, 0.1) is 6.61 Å². The van der Waals surface area contributed by atoms with Crippen LogP contribution in [0.1, 0.15) is 5.56 Å². The summed E-state index contributed by atoms with van der Waals surface area (Å²) in [4.78, 5) is 5.23. The van der Waals surface area contributed by atoms with Gasteiger partial charge in [-0.25, -0.2) is 4.98 Å². The number of aliphatic hydroxyl groups excluding tert-OH is 1. The van der Waals surface area contributed by atoms with E-state index in [4.69, 9.17) is 16.0 Å². The molecule has 0 aliphatic rings. The van der Waals surface area contributed by atoms with Crippen molar-refractivity contribution in [3.05, 3.63) is 53.1 Å². The van der Waals surface area contributed by atoms with E-state index in [0.29, 0.717) is 15.8 Å². The Balaban J connectivity index is 1.99. The van der Waals surface area contributed by atoms with E-state index in [0.717, 1.165) is 16.0 Å². The van der Waals surface area contributed by atoms with E-state index < -0.39 is 0 Å². The molecule has 2 aromatic carbocycles. The minimum Gasteiger partial charge on any atom is -0.431 e. The summed E-state index contributed by atoms with van der Waals surface area (Å²) in [5.41, 5.74) is 2.26. The quantitative estimate of drug-likeness (QED) is 0.788. The van der Waals surface area contributed by atoms with Crippen molar-refractivity contribution in [1.82, 2.24) is 4.98 Å². The lowest BCUT2D eigenvalue weighted by Gasteiger charge is -2.05. The highest BCUT2D eigenvalue weighted by atomic mass is 35.5. The highest BCUT2D eigenvalue weighted by Crippen LogP contribution is 2.34. The fourth-order valence-corrected chi connectivity index (χ4v) is 2.97. The van der Waals surface area contributed by atoms with Crippen LogP contribution in [0.25, 0.3) is 11.1 Å². The van der Waals surface area contributed by atoms with Gasteiger partial charge in [0.1, 0.15) is 5.52 Å². The van der Waals surface area contributed by atoms with Crippen LogP contribution in [0.4, 0.5) is 0 Å². The minimum absolute atomic E-state index is 0.109. The van der Waals surface area contributed by atoms with Crippen molar-refractivity contribution < 1.29 is 9.52 Å². The Labute approximate surface area is 119 Å². The molecule has 96 valence electrons. The first kappa shape index (κ1) is 12.5. The van der Waals surface area contributed by atoms with E-state index in [1.54, 1.807) is 6.07 Å². The second-order valence-corrected chi connectivity index (χ2v) is 5.32. The number of aromatic nitrogens is 1. The first-order valence-electron chi connectivity index (χ1n) is 5.69. The number of fused-ring (bicyclic) bond motifs is 1. The Morgan fingerprint density at radius 2 is 2.00 bits per heavy atom. The van der Waals surface area contributed by atoms with Crippen LogP contribution in [0.15, 0.2) is 57.0 Å². The molecule has 1 heterocycles. The number of rotatable bonds is 3. The molecule has 0 radical (unpaired) electrons. The van der Waals surface area contributed by atoms with Gasteiger partial charge in [-0.15, -0.1) is 0 Å². The first-order chi connectivity index (χ1) is 9.28. The van der Waals surface area contributed by atoms with Crippen LogP contribution in [-0.4, -0.2) is 10.1 Å². The highest BCUT2D eigenvalue weighted by molar-refractivity contribution is 7.99. The lowest BCUT2D eigenvalue weighted by atomic mass is 10.2. The zero-order valence-electron chi connectivity index (χ0n) is 9.84. The van der Waals surface area contributed by atoms with Gasteiger partial charge >= 0.3 is 0 Å². The molecule has 0 saturated carbocycles. The number of benzene rings is 2. The van der Waals surface area contributed by atoms with E-state index in [1.165, 1.54) is 11.8 Å². The summed E-state index contributed by atoms with van der Waals surface area (Å²) in [6, 6.07) is 13.1. The molecule has 0 aliphatic carbocycles. The summed E-state index contributed by atoms with van der Waals surface area (Å²) in [5, 5.41) is 10.5. The Morgan fingerprint density at radius 1 is 1.16 bits per heavy atom. The van der Waals surface area contributed by atoms with Crippen molar-refractivity contribution in [3.8, 4) is 0 Å². The summed E-state index contributed by atoms with van der Waals surface area (Å²) < 4.78 is 5.64. The van der Waals surface area contributed by atoms with Crippen LogP contribution in [-0.2, 0) is 6.61 Å². The molecule has 1 N–H and O–H groups in total. The normalized spacial score (nSPS) is 11.1. The van der Waals surface area contributed by atoms with Crippen LogP contribution in [0.5, 0.6) is 0 Å². The van der Waals surface area contributed by atoms with Gasteiger partial charge < -0.3 is 9.52 Å². The molecule has 0 atom stereocenters. The number of aliphatic hydroxyl groups is 1. The van der Waals surface area contributed by atoms with Crippen molar-refractivity contribution in [2.75, 3.05) is 0 Å². The third-order valence-corrected chi connectivity index (χ3v) is 4.01. The van der Waals surface area contributed by atoms with Crippen LogP contribution in [0.3, 0.4) is 0 Å². The molecule has 0 amide bonds. The average Bonchev–Trinajstić information content (AvgIpc) is 2.81. The summed E-state index contributed by atoms with van der Waals surface area (Å²) >= 11 is 7.41. The lowest BCUT2D eigenvalue weighted by molar-refractivity contribution is 0.279. The largest absolute Gasteiger partial charge is 0.431 e. The van der Waals surface area contributed by atoms with E-state index in [2.05, 4.69) is 4.98 Å². The number of halogens is 1. The minimum atomic E-state index is -0.109. The van der Waals surface area contributed by atoms with Gasteiger partial charge in [-0.3, -0.25) is 0 Å². The number of para-hydroxylation sites is 2. The van der Waals surface area contributed by atoms with Crippen molar-refractivity contribution in [2.45, 2.75) is 16.7 Å². The fourth-order valence-electron chi connectivity index (χ4n) is 1.78. The van der Waals surface area contributed by atoms with Crippen molar-refractivity contribution in [3.63, 3.8) is 0 Å². The molecule has 0 saturated heterocycles. The molecule has 0 unspecified atom stereocenters. The summed E-state index contributed by atoms with van der Waals surface area (Å²) in [6.07, 6.45) is 0. The maximum Gasteiger partial charge on any atom is 0.261 e. The number of hydrogen-bond acceptors (Lipinski definition) is 4. The molecule has 3 rings (SSSR count). The first-order valence-corrected chi connectivity index (χ1v) is 6.89. The molecule has 0 bridgehead atoms. The molecule has 0 spiro atoms. The molecule has 1 aromatic heterocycles. The molecule has 3 aromatic rings. The third kappa shape index (κ3) is 2.47. The predicted octanol–water partition coefficient (Wildman–Crippen LogP) is 4.12. The summed E-state index contributed by atoms with van der Waals surface area (Å²) in [6.45, 7) is -0.109. The van der Waals surface area contributed by atoms with E-state index in [9.17, 15) is 5.11 Å². The van der Waals surface area contributed by atoms with Gasteiger partial charge in [0.2, 0.25) is 0 Å². The molecule has 5 heteroatoms. The van der Waals surface area contributed by atoms with E-state index in [-0.39, 0.29) is 6.61 Å². The van der Waals surface area contributed by atoms with E-state index >= 15 is 0 Å². The average molecular weight is 292 g/mol. The molecule has 19 heavy (non-hydrogen) atoms. The summed E-state index contributed by atoms with van der Waals surface area (Å²) in [7, 11) is 0. The Hall–Kier alpha value is -1.49. The molecule has 0 aliphatic heterocycles.